The number of aliphatic hydroxyl groups excluding tert-OH is 1. The maximum absolute atomic E-state index is 12.5. The molecule has 0 heterocycles. The Hall–Kier alpha value is -3.39. The highest BCUT2D eigenvalue weighted by atomic mass is 16.5. The van der Waals surface area contributed by atoms with Crippen molar-refractivity contribution in [2.45, 2.75) is 44.2 Å². The average molecular weight is 467 g/mol. The molecule has 2 aliphatic rings. The van der Waals surface area contributed by atoms with Crippen molar-refractivity contribution in [2.75, 3.05) is 13.2 Å². The summed E-state index contributed by atoms with van der Waals surface area (Å²) in [5, 5.41) is 23.9. The normalized spacial score (nSPS) is 17.1. The number of carbonyl (C=O) groups is 3. The second kappa shape index (κ2) is 10.3. The lowest BCUT2D eigenvalue weighted by atomic mass is 9.98. The summed E-state index contributed by atoms with van der Waals surface area (Å²) in [6.07, 6.45) is 0.247. The predicted molar refractivity (Wildman–Crippen MR) is 125 cm³/mol. The summed E-state index contributed by atoms with van der Waals surface area (Å²) in [7, 11) is 0. The van der Waals surface area contributed by atoms with Crippen molar-refractivity contribution in [3.05, 3.63) is 59.7 Å². The summed E-state index contributed by atoms with van der Waals surface area (Å²) in [6.45, 7) is 1.79. The first-order valence-corrected chi connectivity index (χ1v) is 11.6. The van der Waals surface area contributed by atoms with Crippen LogP contribution in [0.5, 0.6) is 0 Å². The van der Waals surface area contributed by atoms with Crippen molar-refractivity contribution >= 4 is 18.0 Å². The first kappa shape index (κ1) is 23.8. The second-order valence-corrected chi connectivity index (χ2v) is 9.13. The van der Waals surface area contributed by atoms with Crippen molar-refractivity contribution in [3.63, 3.8) is 0 Å². The van der Waals surface area contributed by atoms with Crippen LogP contribution in [0.25, 0.3) is 11.1 Å². The molecule has 4 N–H and O–H groups in total. The Labute approximate surface area is 198 Å². The molecule has 2 aromatic rings. The van der Waals surface area contributed by atoms with E-state index in [1.54, 1.807) is 0 Å². The van der Waals surface area contributed by atoms with Crippen LogP contribution in [-0.4, -0.2) is 53.5 Å². The molecule has 0 aromatic heterocycles. The van der Waals surface area contributed by atoms with Gasteiger partial charge in [0.05, 0.1) is 6.10 Å². The lowest BCUT2D eigenvalue weighted by Gasteiger charge is -2.21. The summed E-state index contributed by atoms with van der Waals surface area (Å²) in [5.41, 5.74) is 4.58. The fourth-order valence-corrected chi connectivity index (χ4v) is 4.70. The first-order chi connectivity index (χ1) is 16.3. The zero-order chi connectivity index (χ0) is 24.2. The van der Waals surface area contributed by atoms with Gasteiger partial charge in [-0.2, -0.15) is 0 Å². The summed E-state index contributed by atoms with van der Waals surface area (Å²) in [5.74, 6) is -1.60. The van der Waals surface area contributed by atoms with Crippen molar-refractivity contribution in [3.8, 4) is 11.1 Å². The predicted octanol–water partition coefficient (Wildman–Crippen LogP) is 2.89. The number of fused-ring (bicyclic) bond motifs is 3. The molecule has 34 heavy (non-hydrogen) atoms. The van der Waals surface area contributed by atoms with Crippen molar-refractivity contribution < 1.29 is 29.3 Å². The molecule has 4 rings (SSSR count). The van der Waals surface area contributed by atoms with E-state index in [0.717, 1.165) is 35.1 Å². The van der Waals surface area contributed by atoms with E-state index in [2.05, 4.69) is 34.9 Å². The van der Waals surface area contributed by atoms with E-state index in [0.29, 0.717) is 5.92 Å². The third kappa shape index (κ3) is 5.39. The molecule has 0 aliphatic heterocycles. The van der Waals surface area contributed by atoms with Crippen molar-refractivity contribution in [2.24, 2.45) is 11.8 Å². The standard InChI is InChI=1S/C26H30N2O6/c1-15(29)24(25(31)32)28-23(30)12-17(16-10-11-16)13-27-26(33)34-14-22-20-8-4-2-6-18(20)19-7-3-5-9-21(19)22/h2-9,15-17,22,24,29H,10-14H2,1H3,(H,27,33)(H,28,30)(H,31,32). The Morgan fingerprint density at radius 3 is 2.15 bits per heavy atom. The quantitative estimate of drug-likeness (QED) is 0.427. The van der Waals surface area contributed by atoms with Crippen LogP contribution < -0.4 is 10.6 Å². The molecule has 2 aromatic carbocycles. The van der Waals surface area contributed by atoms with Gasteiger partial charge in [0, 0.05) is 18.9 Å². The number of carbonyl (C=O) groups excluding carboxylic acids is 2. The van der Waals surface area contributed by atoms with Gasteiger partial charge in [-0.1, -0.05) is 48.5 Å². The Balaban J connectivity index is 1.30. The Morgan fingerprint density at radius 2 is 1.62 bits per heavy atom. The van der Waals surface area contributed by atoms with Gasteiger partial charge in [0.15, 0.2) is 6.04 Å². The van der Waals surface area contributed by atoms with E-state index < -0.39 is 30.1 Å². The van der Waals surface area contributed by atoms with E-state index >= 15 is 0 Å². The summed E-state index contributed by atoms with van der Waals surface area (Å²) < 4.78 is 5.56. The number of aliphatic hydroxyl groups is 1. The van der Waals surface area contributed by atoms with E-state index in [4.69, 9.17) is 9.84 Å². The highest BCUT2D eigenvalue weighted by Crippen LogP contribution is 2.44. The van der Waals surface area contributed by atoms with Crippen molar-refractivity contribution in [1.29, 1.82) is 0 Å². The zero-order valence-electron chi connectivity index (χ0n) is 19.1. The van der Waals surface area contributed by atoms with Crippen LogP contribution in [0.4, 0.5) is 4.79 Å². The number of rotatable bonds is 10. The minimum atomic E-state index is -1.36. The van der Waals surface area contributed by atoms with Crippen LogP contribution in [-0.2, 0) is 14.3 Å². The summed E-state index contributed by atoms with van der Waals surface area (Å²) >= 11 is 0. The third-order valence-corrected chi connectivity index (χ3v) is 6.65. The summed E-state index contributed by atoms with van der Waals surface area (Å²) in [4.78, 5) is 36.0. The van der Waals surface area contributed by atoms with Crippen molar-refractivity contribution in [1.82, 2.24) is 10.6 Å². The van der Waals surface area contributed by atoms with Crippen LogP contribution in [0.2, 0.25) is 0 Å². The van der Waals surface area contributed by atoms with Gasteiger partial charge in [0.2, 0.25) is 5.91 Å². The Bertz CT molecular complexity index is 1020. The van der Waals surface area contributed by atoms with Gasteiger partial charge in [0.25, 0.3) is 0 Å². The number of carboxylic acid groups (broad SMARTS) is 1. The number of amides is 2. The molecule has 0 spiro atoms. The molecule has 8 heteroatoms. The van der Waals surface area contributed by atoms with Crippen LogP contribution >= 0.6 is 0 Å². The third-order valence-electron chi connectivity index (χ3n) is 6.65. The largest absolute Gasteiger partial charge is 0.480 e. The molecule has 1 saturated carbocycles. The fourth-order valence-electron chi connectivity index (χ4n) is 4.70. The van der Waals surface area contributed by atoms with E-state index in [-0.39, 0.29) is 31.4 Å². The number of benzene rings is 2. The molecule has 3 atom stereocenters. The molecular formula is C26H30N2O6. The minimum Gasteiger partial charge on any atom is -0.480 e. The molecule has 180 valence electrons. The molecule has 1 fully saturated rings. The molecule has 2 aliphatic carbocycles. The van der Waals surface area contributed by atoms with Gasteiger partial charge >= 0.3 is 12.1 Å². The van der Waals surface area contributed by atoms with Crippen LogP contribution in [0.1, 0.15) is 43.2 Å². The Morgan fingerprint density at radius 1 is 1.03 bits per heavy atom. The topological polar surface area (TPSA) is 125 Å². The van der Waals surface area contributed by atoms with E-state index in [9.17, 15) is 19.5 Å². The van der Waals surface area contributed by atoms with Gasteiger partial charge in [-0.15, -0.1) is 0 Å². The van der Waals surface area contributed by atoms with Crippen LogP contribution in [0.3, 0.4) is 0 Å². The maximum Gasteiger partial charge on any atom is 0.407 e. The SMILES string of the molecule is CC(O)C(NC(=O)CC(CNC(=O)OCC1c2ccccc2-c2ccccc21)C1CC1)C(=O)O. The molecular weight excluding hydrogens is 436 g/mol. The minimum absolute atomic E-state index is 0.0309. The van der Waals surface area contributed by atoms with Gasteiger partial charge in [-0.25, -0.2) is 9.59 Å². The van der Waals surface area contributed by atoms with Gasteiger partial charge in [-0.05, 0) is 53.9 Å². The number of aliphatic carboxylic acids is 1. The number of ether oxygens (including phenoxy) is 1. The highest BCUT2D eigenvalue weighted by Gasteiger charge is 2.35. The summed E-state index contributed by atoms with van der Waals surface area (Å²) in [6, 6.07) is 14.9. The number of hydrogen-bond donors (Lipinski definition) is 4. The first-order valence-electron chi connectivity index (χ1n) is 11.6. The van der Waals surface area contributed by atoms with Gasteiger partial charge < -0.3 is 25.6 Å². The molecule has 0 bridgehead atoms. The fraction of sp³-hybridized carbons (Fsp3) is 0.423. The zero-order valence-corrected chi connectivity index (χ0v) is 19.1. The number of hydrogen-bond acceptors (Lipinski definition) is 5. The molecule has 2 amide bonds. The Kier molecular flexibility index (Phi) is 7.17. The number of carboxylic acids is 1. The van der Waals surface area contributed by atoms with Gasteiger partial charge in [-0.3, -0.25) is 4.79 Å². The molecule has 3 unspecified atom stereocenters. The lowest BCUT2D eigenvalue weighted by Crippen LogP contribution is -2.48. The smallest absolute Gasteiger partial charge is 0.407 e. The molecule has 0 saturated heterocycles. The van der Waals surface area contributed by atoms with Gasteiger partial charge in [0.1, 0.15) is 6.61 Å². The highest BCUT2D eigenvalue weighted by molar-refractivity contribution is 5.84. The number of nitrogens with one attached hydrogen (secondary N) is 2. The molecule has 0 radical (unpaired) electrons. The maximum atomic E-state index is 12.5. The van der Waals surface area contributed by atoms with E-state index in [1.807, 2.05) is 24.3 Å². The van der Waals surface area contributed by atoms with E-state index in [1.165, 1.54) is 6.92 Å². The van der Waals surface area contributed by atoms with Crippen LogP contribution in [0.15, 0.2) is 48.5 Å². The second-order valence-electron chi connectivity index (χ2n) is 9.13. The molecule has 8 nitrogen and oxygen atoms in total. The van der Waals surface area contributed by atoms with Crippen LogP contribution in [0, 0.1) is 11.8 Å². The number of alkyl carbamates (subject to hydrolysis) is 1. The monoisotopic (exact) mass is 466 g/mol. The lowest BCUT2D eigenvalue weighted by molar-refractivity contribution is -0.144. The average Bonchev–Trinajstić information content (AvgIpc) is 3.61.